The molecule has 0 saturated carbocycles. The summed E-state index contributed by atoms with van der Waals surface area (Å²) in [6.45, 7) is 2.85. The summed E-state index contributed by atoms with van der Waals surface area (Å²) in [7, 11) is 0. The number of imidazole rings is 1. The predicted molar refractivity (Wildman–Crippen MR) is 164 cm³/mol. The van der Waals surface area contributed by atoms with Crippen molar-refractivity contribution in [1.29, 1.82) is 0 Å². The van der Waals surface area contributed by atoms with Crippen molar-refractivity contribution in [2.24, 2.45) is 5.73 Å². The van der Waals surface area contributed by atoms with Gasteiger partial charge in [-0.05, 0) is 55.8 Å². The van der Waals surface area contributed by atoms with Crippen LogP contribution in [0.25, 0.3) is 28.2 Å². The molecule has 2 aromatic carbocycles. The van der Waals surface area contributed by atoms with Crippen molar-refractivity contribution in [3.8, 4) is 17.1 Å². The Morgan fingerprint density at radius 3 is 2.35 bits per heavy atom. The van der Waals surface area contributed by atoms with Crippen LogP contribution in [-0.2, 0) is 20.8 Å². The Morgan fingerprint density at radius 1 is 1.02 bits per heavy atom. The molecule has 14 heteroatoms. The number of carboxylic acid groups (broad SMARTS) is 1. The molecule has 1 aliphatic rings. The minimum absolute atomic E-state index is 0.171. The normalized spacial score (nSPS) is 14.5. The van der Waals surface area contributed by atoms with Gasteiger partial charge in [0.15, 0.2) is 17.0 Å². The first-order valence-corrected chi connectivity index (χ1v) is 14.5. The topological polar surface area (TPSA) is 168 Å². The number of nitrogens with zero attached hydrogens (tertiary/aromatic N) is 5. The number of benzene rings is 2. The van der Waals surface area contributed by atoms with Gasteiger partial charge in [0, 0.05) is 29.4 Å². The number of fused-ring (bicyclic) bond motifs is 1. The first-order chi connectivity index (χ1) is 20.6. The van der Waals surface area contributed by atoms with Crippen molar-refractivity contribution in [3.05, 3.63) is 64.4 Å². The summed E-state index contributed by atoms with van der Waals surface area (Å²) in [6, 6.07) is 14.4. The van der Waals surface area contributed by atoms with E-state index in [2.05, 4.69) is 10.6 Å². The number of hydrogen-bond acceptors (Lipinski definition) is 8. The van der Waals surface area contributed by atoms with Crippen LogP contribution in [0.5, 0.6) is 0 Å². The summed E-state index contributed by atoms with van der Waals surface area (Å²) in [5.41, 5.74) is 7.19. The van der Waals surface area contributed by atoms with E-state index in [1.165, 1.54) is 0 Å². The average Bonchev–Trinajstić information content (AvgIpc) is 3.36. The van der Waals surface area contributed by atoms with E-state index in [1.807, 2.05) is 46.7 Å². The Kier molecular flexibility index (Phi) is 8.81. The minimum atomic E-state index is -1.16. The molecule has 0 bridgehead atoms. The minimum Gasteiger partial charge on any atom is -0.480 e. The van der Waals surface area contributed by atoms with Crippen molar-refractivity contribution < 1.29 is 19.5 Å². The quantitative estimate of drug-likeness (QED) is 0.207. The van der Waals surface area contributed by atoms with E-state index in [0.29, 0.717) is 76.6 Å². The number of carbonyl (C=O) groups is 3. The van der Waals surface area contributed by atoms with E-state index in [0.717, 1.165) is 0 Å². The first kappa shape index (κ1) is 30.2. The van der Waals surface area contributed by atoms with Gasteiger partial charge in [-0.1, -0.05) is 42.3 Å². The molecule has 2 amide bonds. The molecule has 1 aliphatic heterocycles. The van der Waals surface area contributed by atoms with Crippen molar-refractivity contribution in [1.82, 2.24) is 30.2 Å². The Balaban J connectivity index is 1.69. The lowest BCUT2D eigenvalue weighted by Gasteiger charge is -2.40. The summed E-state index contributed by atoms with van der Waals surface area (Å²) in [5, 5.41) is 15.6. The molecule has 43 heavy (non-hydrogen) atoms. The van der Waals surface area contributed by atoms with Gasteiger partial charge in [-0.2, -0.15) is 0 Å². The highest BCUT2D eigenvalue weighted by Gasteiger charge is 2.40. The number of likely N-dealkylation sites (N-methyl/N-ethyl adjacent to an activating group) is 1. The summed E-state index contributed by atoms with van der Waals surface area (Å²) >= 11 is 12.8. The Labute approximate surface area is 257 Å². The lowest BCUT2D eigenvalue weighted by atomic mass is 9.86. The maximum atomic E-state index is 12.7. The highest BCUT2D eigenvalue weighted by molar-refractivity contribution is 6.33. The van der Waals surface area contributed by atoms with Crippen molar-refractivity contribution in [2.45, 2.75) is 31.7 Å². The molecule has 0 spiro atoms. The average molecular weight is 626 g/mol. The number of piperidine rings is 1. The third-order valence-electron chi connectivity index (χ3n) is 7.39. The smallest absolute Gasteiger partial charge is 0.322 e. The molecule has 1 fully saturated rings. The molecule has 4 aromatic rings. The highest BCUT2D eigenvalue weighted by Crippen LogP contribution is 2.36. The summed E-state index contributed by atoms with van der Waals surface area (Å²) in [4.78, 5) is 52.6. The third-order valence-corrected chi connectivity index (χ3v) is 7.97. The van der Waals surface area contributed by atoms with E-state index < -0.39 is 29.9 Å². The Bertz CT molecular complexity index is 1680. The number of anilines is 1. The number of aliphatic carboxylic acids is 1. The SMILES string of the molecule is CCNC1(C(N)=O)CCN(c2nc(CC(=O)NCC(=O)O)nc3c2nc(-c2ccccc2Cl)n3-c2ccc(Cl)cc2)CC1. The number of nitrogens with two attached hydrogens (primary N) is 1. The molecule has 224 valence electrons. The van der Waals surface area contributed by atoms with Crippen molar-refractivity contribution in [3.63, 3.8) is 0 Å². The number of primary amides is 1. The zero-order valence-corrected chi connectivity index (χ0v) is 24.8. The molecule has 2 aromatic heterocycles. The van der Waals surface area contributed by atoms with E-state index in [9.17, 15) is 14.4 Å². The van der Waals surface area contributed by atoms with Gasteiger partial charge in [-0.3, -0.25) is 19.0 Å². The number of rotatable bonds is 10. The predicted octanol–water partition coefficient (Wildman–Crippen LogP) is 2.97. The van der Waals surface area contributed by atoms with Gasteiger partial charge >= 0.3 is 5.97 Å². The van der Waals surface area contributed by atoms with Crippen LogP contribution in [0, 0.1) is 0 Å². The van der Waals surface area contributed by atoms with Gasteiger partial charge in [0.05, 0.1) is 11.4 Å². The van der Waals surface area contributed by atoms with Crippen molar-refractivity contribution in [2.75, 3.05) is 31.1 Å². The van der Waals surface area contributed by atoms with Gasteiger partial charge in [0.1, 0.15) is 23.7 Å². The van der Waals surface area contributed by atoms with Crippen LogP contribution in [0.4, 0.5) is 5.82 Å². The number of halogens is 2. The molecule has 0 radical (unpaired) electrons. The summed E-state index contributed by atoms with van der Waals surface area (Å²) < 4.78 is 1.83. The van der Waals surface area contributed by atoms with E-state index in [4.69, 9.17) is 49.0 Å². The second kappa shape index (κ2) is 12.5. The molecule has 12 nitrogen and oxygen atoms in total. The maximum absolute atomic E-state index is 12.7. The highest BCUT2D eigenvalue weighted by atomic mass is 35.5. The van der Waals surface area contributed by atoms with Crippen LogP contribution in [0.3, 0.4) is 0 Å². The fraction of sp³-hybridized carbons (Fsp3) is 0.310. The number of hydrogen-bond donors (Lipinski definition) is 4. The zero-order valence-electron chi connectivity index (χ0n) is 23.3. The monoisotopic (exact) mass is 624 g/mol. The van der Waals surface area contributed by atoms with Crippen LogP contribution in [0.15, 0.2) is 48.5 Å². The van der Waals surface area contributed by atoms with Crippen LogP contribution in [0.1, 0.15) is 25.6 Å². The van der Waals surface area contributed by atoms with Crippen LogP contribution >= 0.6 is 23.2 Å². The second-order valence-electron chi connectivity index (χ2n) is 10.2. The van der Waals surface area contributed by atoms with E-state index >= 15 is 0 Å². The molecular weight excluding hydrogens is 595 g/mol. The van der Waals surface area contributed by atoms with E-state index in [1.54, 1.807) is 18.2 Å². The third kappa shape index (κ3) is 6.26. The number of aromatic nitrogens is 4. The van der Waals surface area contributed by atoms with Gasteiger partial charge < -0.3 is 26.4 Å². The zero-order chi connectivity index (χ0) is 30.7. The number of nitrogens with one attached hydrogen (secondary N) is 2. The maximum Gasteiger partial charge on any atom is 0.322 e. The molecule has 0 aliphatic carbocycles. The van der Waals surface area contributed by atoms with Crippen molar-refractivity contribution >= 4 is 58.0 Å². The molecule has 3 heterocycles. The molecule has 0 unspecified atom stereocenters. The fourth-order valence-electron chi connectivity index (χ4n) is 5.27. The number of carbonyl (C=O) groups excluding carboxylic acids is 2. The largest absolute Gasteiger partial charge is 0.480 e. The number of amides is 2. The van der Waals surface area contributed by atoms with Gasteiger partial charge in [-0.25, -0.2) is 15.0 Å². The molecular formula is C29H30Cl2N8O4. The molecule has 5 N–H and O–H groups in total. The summed E-state index contributed by atoms with van der Waals surface area (Å²) in [6.07, 6.45) is 0.608. The Morgan fingerprint density at radius 2 is 1.72 bits per heavy atom. The fourth-order valence-corrected chi connectivity index (χ4v) is 5.62. The lowest BCUT2D eigenvalue weighted by molar-refractivity contribution is -0.137. The van der Waals surface area contributed by atoms with Crippen LogP contribution < -0.4 is 21.3 Å². The first-order valence-electron chi connectivity index (χ1n) is 13.7. The Hall–Kier alpha value is -4.26. The standard InChI is InChI=1S/C29H30Cl2N8O4/c1-2-34-29(28(32)43)11-13-38(14-12-29)26-24-27(36-21(35-26)15-22(40)33-16-23(41)42)39(18-9-7-17(30)8-10-18)25(37-24)19-5-3-4-6-20(19)31/h3-10,34H,2,11-16H2,1H3,(H2,32,43)(H,33,40)(H,41,42). The van der Waals surface area contributed by atoms with Gasteiger partial charge in [0.25, 0.3) is 0 Å². The van der Waals surface area contributed by atoms with E-state index in [-0.39, 0.29) is 12.2 Å². The van der Waals surface area contributed by atoms with Crippen LogP contribution in [0.2, 0.25) is 10.0 Å². The van der Waals surface area contributed by atoms with Gasteiger partial charge in [-0.15, -0.1) is 0 Å². The summed E-state index contributed by atoms with van der Waals surface area (Å²) in [5.74, 6) is -0.975. The van der Waals surface area contributed by atoms with Gasteiger partial charge in [0.2, 0.25) is 11.8 Å². The van der Waals surface area contributed by atoms with Crippen LogP contribution in [-0.4, -0.2) is 74.1 Å². The number of carboxylic acids is 1. The molecule has 5 rings (SSSR count). The second-order valence-corrected chi connectivity index (χ2v) is 11.0. The lowest BCUT2D eigenvalue weighted by Crippen LogP contribution is -2.61. The molecule has 1 saturated heterocycles. The molecule has 0 atom stereocenters.